The van der Waals surface area contributed by atoms with Crippen molar-refractivity contribution in [1.82, 2.24) is 4.98 Å². The Kier molecular flexibility index (Phi) is 3.45. The molecule has 1 aromatic rings. The Labute approximate surface area is 86.6 Å². The van der Waals surface area contributed by atoms with E-state index in [1.807, 2.05) is 0 Å². The van der Waals surface area contributed by atoms with Crippen molar-refractivity contribution in [2.24, 2.45) is 0 Å². The average molecular weight is 270 g/mol. The van der Waals surface area contributed by atoms with E-state index in [0.29, 0.717) is 0 Å². The molecule has 1 rings (SSSR count). The van der Waals surface area contributed by atoms with Gasteiger partial charge in [-0.3, -0.25) is 0 Å². The lowest BCUT2D eigenvalue weighted by molar-refractivity contribution is -0.0516. The highest BCUT2D eigenvalue weighted by molar-refractivity contribution is 9.10. The first kappa shape index (κ1) is 11.0. The predicted molar refractivity (Wildman–Crippen MR) is 46.8 cm³/mol. The average Bonchev–Trinajstić information content (AvgIpc) is 2.10. The van der Waals surface area contributed by atoms with Crippen LogP contribution in [0.15, 0.2) is 10.7 Å². The van der Waals surface area contributed by atoms with E-state index >= 15 is 0 Å². The summed E-state index contributed by atoms with van der Waals surface area (Å²) in [6, 6.07) is 0.988. The summed E-state index contributed by atoms with van der Waals surface area (Å²) in [4.78, 5) is 3.63. The minimum Gasteiger partial charge on any atom is -0.505 e. The second-order valence-corrected chi connectivity index (χ2v) is 2.94. The van der Waals surface area contributed by atoms with Gasteiger partial charge in [0.15, 0.2) is 16.1 Å². The van der Waals surface area contributed by atoms with Crippen molar-refractivity contribution in [3.63, 3.8) is 0 Å². The van der Waals surface area contributed by atoms with Crippen molar-refractivity contribution in [3.05, 3.63) is 10.7 Å². The molecule has 0 aliphatic rings. The minimum absolute atomic E-state index is 0.0935. The summed E-state index contributed by atoms with van der Waals surface area (Å²) >= 11 is 2.90. The zero-order valence-electron chi connectivity index (χ0n) is 7.00. The van der Waals surface area contributed by atoms with E-state index in [9.17, 15) is 8.78 Å². The fourth-order valence-electron chi connectivity index (χ4n) is 0.774. The lowest BCUT2D eigenvalue weighted by atomic mass is 10.4. The number of ether oxygens (including phenoxy) is 2. The summed E-state index contributed by atoms with van der Waals surface area (Å²) in [6.45, 7) is -2.99. The molecule has 14 heavy (non-hydrogen) atoms. The molecule has 1 N–H and O–H groups in total. The van der Waals surface area contributed by atoms with Crippen molar-refractivity contribution >= 4 is 15.9 Å². The third-order valence-electron chi connectivity index (χ3n) is 1.30. The van der Waals surface area contributed by atoms with E-state index in [-0.39, 0.29) is 22.0 Å². The predicted octanol–water partition coefficient (Wildman–Crippen LogP) is 2.16. The highest BCUT2D eigenvalue weighted by atomic mass is 79.9. The van der Waals surface area contributed by atoms with Crippen LogP contribution in [0, 0.1) is 0 Å². The minimum atomic E-state index is -2.99. The molecule has 0 saturated heterocycles. The van der Waals surface area contributed by atoms with Gasteiger partial charge in [-0.05, 0) is 15.9 Å². The molecule has 1 heterocycles. The Morgan fingerprint density at radius 2 is 2.21 bits per heavy atom. The molecule has 0 amide bonds. The number of pyridine rings is 1. The van der Waals surface area contributed by atoms with Crippen LogP contribution in [0.5, 0.6) is 17.4 Å². The molecule has 0 spiro atoms. The zero-order valence-corrected chi connectivity index (χ0v) is 8.59. The summed E-state index contributed by atoms with van der Waals surface area (Å²) in [5, 5.41) is 9.14. The van der Waals surface area contributed by atoms with Gasteiger partial charge in [-0.15, -0.1) is 0 Å². The Bertz CT molecular complexity index is 335. The summed E-state index contributed by atoms with van der Waals surface area (Å²) in [6.07, 6.45) is 0. The van der Waals surface area contributed by atoms with E-state index in [1.165, 1.54) is 7.11 Å². The first-order valence-electron chi connectivity index (χ1n) is 3.43. The number of hydrogen-bond donors (Lipinski definition) is 1. The third kappa shape index (κ3) is 2.44. The van der Waals surface area contributed by atoms with Crippen LogP contribution in [0.3, 0.4) is 0 Å². The van der Waals surface area contributed by atoms with Crippen LogP contribution in [-0.4, -0.2) is 23.8 Å². The van der Waals surface area contributed by atoms with E-state index < -0.39 is 6.61 Å². The normalized spacial score (nSPS) is 10.4. The van der Waals surface area contributed by atoms with Gasteiger partial charge in [0.25, 0.3) is 5.88 Å². The smallest absolute Gasteiger partial charge is 0.387 e. The molecule has 0 saturated carbocycles. The molecule has 0 aliphatic carbocycles. The van der Waals surface area contributed by atoms with Gasteiger partial charge in [0, 0.05) is 6.07 Å². The molecular weight excluding hydrogens is 264 g/mol. The maximum Gasteiger partial charge on any atom is 0.387 e. The maximum absolute atomic E-state index is 11.9. The molecular formula is C7H6BrF2NO3. The van der Waals surface area contributed by atoms with Gasteiger partial charge in [-0.2, -0.15) is 13.8 Å². The first-order chi connectivity index (χ1) is 6.54. The third-order valence-corrected chi connectivity index (χ3v) is 1.88. The van der Waals surface area contributed by atoms with Crippen LogP contribution in [0.25, 0.3) is 0 Å². The molecule has 4 nitrogen and oxygen atoms in total. The largest absolute Gasteiger partial charge is 0.505 e. The van der Waals surface area contributed by atoms with Crippen LogP contribution in [0.2, 0.25) is 0 Å². The summed E-state index contributed by atoms with van der Waals surface area (Å²) in [7, 11) is 1.25. The van der Waals surface area contributed by atoms with Crippen molar-refractivity contribution in [2.75, 3.05) is 7.11 Å². The van der Waals surface area contributed by atoms with Crippen molar-refractivity contribution in [2.45, 2.75) is 6.61 Å². The Hall–Kier alpha value is -1.11. The Balaban J connectivity index is 3.07. The standard InChI is InChI=1S/C7H6BrF2NO3/c1-13-6-4(14-7(9)10)2-3(12)5(8)11-6/h2,7,12H,1H3. The maximum atomic E-state index is 11.9. The number of halogens is 3. The second-order valence-electron chi connectivity index (χ2n) is 2.18. The number of aromatic hydroxyl groups is 1. The molecule has 0 aromatic carbocycles. The molecule has 0 bridgehead atoms. The van der Waals surface area contributed by atoms with E-state index in [2.05, 4.69) is 30.4 Å². The monoisotopic (exact) mass is 269 g/mol. The second kappa shape index (κ2) is 4.41. The SMILES string of the molecule is COc1nc(Br)c(O)cc1OC(F)F. The van der Waals surface area contributed by atoms with Crippen LogP contribution in [0.1, 0.15) is 0 Å². The molecule has 0 unspecified atom stereocenters. The van der Waals surface area contributed by atoms with Gasteiger partial charge in [0.2, 0.25) is 0 Å². The van der Waals surface area contributed by atoms with Crippen LogP contribution in [-0.2, 0) is 0 Å². The molecule has 0 aliphatic heterocycles. The highest BCUT2D eigenvalue weighted by Crippen LogP contribution is 2.34. The zero-order chi connectivity index (χ0) is 10.7. The van der Waals surface area contributed by atoms with Gasteiger partial charge in [-0.1, -0.05) is 0 Å². The van der Waals surface area contributed by atoms with Crippen LogP contribution < -0.4 is 9.47 Å². The van der Waals surface area contributed by atoms with Crippen molar-refractivity contribution in [3.8, 4) is 17.4 Å². The fraction of sp³-hybridized carbons (Fsp3) is 0.286. The quantitative estimate of drug-likeness (QED) is 0.855. The molecule has 0 radical (unpaired) electrons. The molecule has 7 heteroatoms. The fourth-order valence-corrected chi connectivity index (χ4v) is 1.05. The Morgan fingerprint density at radius 1 is 1.57 bits per heavy atom. The van der Waals surface area contributed by atoms with E-state index in [0.717, 1.165) is 6.07 Å². The number of rotatable bonds is 3. The van der Waals surface area contributed by atoms with Gasteiger partial charge >= 0.3 is 6.61 Å². The van der Waals surface area contributed by atoms with E-state index in [4.69, 9.17) is 5.11 Å². The lowest BCUT2D eigenvalue weighted by Gasteiger charge is -2.09. The first-order valence-corrected chi connectivity index (χ1v) is 4.22. The van der Waals surface area contributed by atoms with Gasteiger partial charge in [-0.25, -0.2) is 0 Å². The molecule has 0 atom stereocenters. The van der Waals surface area contributed by atoms with E-state index in [1.54, 1.807) is 0 Å². The van der Waals surface area contributed by atoms with Crippen LogP contribution in [0.4, 0.5) is 8.78 Å². The summed E-state index contributed by atoms with van der Waals surface area (Å²) in [5.41, 5.74) is 0. The number of alkyl halides is 2. The number of hydrogen-bond acceptors (Lipinski definition) is 4. The van der Waals surface area contributed by atoms with Crippen molar-refractivity contribution in [1.29, 1.82) is 0 Å². The van der Waals surface area contributed by atoms with Crippen molar-refractivity contribution < 1.29 is 23.4 Å². The number of nitrogens with zero attached hydrogens (tertiary/aromatic N) is 1. The Morgan fingerprint density at radius 3 is 2.71 bits per heavy atom. The van der Waals surface area contributed by atoms with Gasteiger partial charge < -0.3 is 14.6 Å². The molecule has 0 fully saturated rings. The number of methoxy groups -OCH3 is 1. The topological polar surface area (TPSA) is 51.6 Å². The van der Waals surface area contributed by atoms with Gasteiger partial charge in [0.1, 0.15) is 0 Å². The summed E-state index contributed by atoms with van der Waals surface area (Å²) in [5.74, 6) is -0.750. The summed E-state index contributed by atoms with van der Waals surface area (Å²) < 4.78 is 32.6. The molecule has 78 valence electrons. The lowest BCUT2D eigenvalue weighted by Crippen LogP contribution is -2.04. The number of aromatic nitrogens is 1. The van der Waals surface area contributed by atoms with Gasteiger partial charge in [0.05, 0.1) is 7.11 Å². The highest BCUT2D eigenvalue weighted by Gasteiger charge is 2.14. The van der Waals surface area contributed by atoms with Crippen LogP contribution >= 0.6 is 15.9 Å². The molecule has 1 aromatic heterocycles.